The minimum absolute atomic E-state index is 0.0270. The Morgan fingerprint density at radius 1 is 0.898 bits per heavy atom. The number of carbonyl (C=O) groups is 2. The number of halogens is 5. The zero-order chi connectivity index (χ0) is 34.7. The van der Waals surface area contributed by atoms with Crippen molar-refractivity contribution in [2.45, 2.75) is 50.6 Å². The van der Waals surface area contributed by atoms with Crippen LogP contribution in [0.1, 0.15) is 31.2 Å². The standard InChI is InChI=1S/C35H34F5N3O6/c1-46-32(44)24-10-12-25(13-11-24)49-34-41-28-16-27(36)29(30(37)31(28)42-34)23-8-6-22(7-9-23)21-4-2-20(3-5-21)17-43-18-26(19-43)47-14-15-48-33(45)35(38,39)40/h2-9,16,24-26H,10-15,17-19H2,1H3,(H,41,42). The number of fused-ring (bicyclic) bond motifs is 1. The highest BCUT2D eigenvalue weighted by atomic mass is 19.4. The molecule has 4 aromatic rings. The molecule has 1 aliphatic heterocycles. The normalized spacial score (nSPS) is 18.7. The quantitative estimate of drug-likeness (QED) is 0.107. The summed E-state index contributed by atoms with van der Waals surface area (Å²) in [5, 5.41) is 0. The number of imidazole rings is 1. The van der Waals surface area contributed by atoms with Crippen molar-refractivity contribution in [2.75, 3.05) is 33.4 Å². The average Bonchev–Trinajstić information content (AvgIpc) is 3.47. The monoisotopic (exact) mass is 687 g/mol. The van der Waals surface area contributed by atoms with Crippen LogP contribution in [0, 0.1) is 17.6 Å². The van der Waals surface area contributed by atoms with E-state index in [9.17, 15) is 22.8 Å². The van der Waals surface area contributed by atoms with E-state index >= 15 is 8.78 Å². The van der Waals surface area contributed by atoms with Gasteiger partial charge in [0.2, 0.25) is 0 Å². The van der Waals surface area contributed by atoms with Crippen LogP contribution < -0.4 is 4.74 Å². The van der Waals surface area contributed by atoms with E-state index in [2.05, 4.69) is 19.6 Å². The van der Waals surface area contributed by atoms with Gasteiger partial charge in [0, 0.05) is 25.7 Å². The first kappa shape index (κ1) is 34.3. The number of esters is 2. The molecular weight excluding hydrogens is 653 g/mol. The molecule has 14 heteroatoms. The molecule has 260 valence electrons. The van der Waals surface area contributed by atoms with Crippen LogP contribution in [0.25, 0.3) is 33.3 Å². The number of nitrogens with one attached hydrogen (secondary N) is 1. The molecule has 1 saturated heterocycles. The van der Waals surface area contributed by atoms with E-state index in [0.717, 1.165) is 16.7 Å². The highest BCUT2D eigenvalue weighted by molar-refractivity contribution is 5.84. The molecule has 1 N–H and O–H groups in total. The minimum atomic E-state index is -5.01. The van der Waals surface area contributed by atoms with Crippen LogP contribution in [-0.4, -0.2) is 78.6 Å². The van der Waals surface area contributed by atoms with E-state index < -0.39 is 30.4 Å². The molecule has 2 fully saturated rings. The highest BCUT2D eigenvalue weighted by Gasteiger charge is 2.41. The largest absolute Gasteiger partial charge is 0.490 e. The number of benzene rings is 3. The molecule has 9 nitrogen and oxygen atoms in total. The van der Waals surface area contributed by atoms with Gasteiger partial charge in [-0.3, -0.25) is 9.69 Å². The van der Waals surface area contributed by atoms with E-state index in [0.29, 0.717) is 50.9 Å². The number of alkyl halides is 3. The lowest BCUT2D eigenvalue weighted by Gasteiger charge is -2.38. The predicted octanol–water partition coefficient (Wildman–Crippen LogP) is 6.59. The summed E-state index contributed by atoms with van der Waals surface area (Å²) < 4.78 is 87.7. The van der Waals surface area contributed by atoms with Gasteiger partial charge >= 0.3 is 18.1 Å². The van der Waals surface area contributed by atoms with Crippen LogP contribution in [0.2, 0.25) is 0 Å². The van der Waals surface area contributed by atoms with Crippen LogP contribution in [-0.2, 0) is 30.3 Å². The van der Waals surface area contributed by atoms with Crippen molar-refractivity contribution >= 4 is 23.0 Å². The molecule has 0 amide bonds. The number of nitrogens with zero attached hydrogens (tertiary/aromatic N) is 2. The number of H-pyrrole nitrogens is 1. The van der Waals surface area contributed by atoms with Crippen molar-refractivity contribution in [3.8, 4) is 28.3 Å². The Morgan fingerprint density at radius 2 is 1.53 bits per heavy atom. The van der Waals surface area contributed by atoms with Crippen molar-refractivity contribution < 1.29 is 50.5 Å². The lowest BCUT2D eigenvalue weighted by Crippen LogP contribution is -2.51. The fraction of sp³-hybridized carbons (Fsp3) is 0.400. The molecule has 1 aromatic heterocycles. The van der Waals surface area contributed by atoms with Crippen molar-refractivity contribution in [1.82, 2.24) is 14.9 Å². The van der Waals surface area contributed by atoms with E-state index in [1.54, 1.807) is 24.3 Å². The molecule has 49 heavy (non-hydrogen) atoms. The Bertz CT molecular complexity index is 1780. The zero-order valence-electron chi connectivity index (χ0n) is 26.5. The summed E-state index contributed by atoms with van der Waals surface area (Å²) in [6, 6.07) is 16.1. The molecule has 0 atom stereocenters. The van der Waals surface area contributed by atoms with E-state index in [4.69, 9.17) is 14.2 Å². The lowest BCUT2D eigenvalue weighted by atomic mass is 9.87. The summed E-state index contributed by atoms with van der Waals surface area (Å²) in [7, 11) is 1.37. The van der Waals surface area contributed by atoms with Gasteiger partial charge in [-0.15, -0.1) is 0 Å². The van der Waals surface area contributed by atoms with Crippen molar-refractivity contribution in [1.29, 1.82) is 0 Å². The molecule has 1 saturated carbocycles. The number of aromatic nitrogens is 2. The second-order valence-electron chi connectivity index (χ2n) is 12.2. The number of aromatic amines is 1. The molecular formula is C35H34F5N3O6. The van der Waals surface area contributed by atoms with Gasteiger partial charge in [0.25, 0.3) is 6.01 Å². The summed E-state index contributed by atoms with van der Waals surface area (Å²) in [5.74, 6) is -4.16. The maximum atomic E-state index is 15.7. The van der Waals surface area contributed by atoms with Gasteiger partial charge in [-0.2, -0.15) is 18.2 Å². The van der Waals surface area contributed by atoms with Crippen molar-refractivity contribution in [3.63, 3.8) is 0 Å². The van der Waals surface area contributed by atoms with Gasteiger partial charge < -0.3 is 23.9 Å². The van der Waals surface area contributed by atoms with Gasteiger partial charge in [0.15, 0.2) is 5.82 Å². The lowest BCUT2D eigenvalue weighted by molar-refractivity contribution is -0.201. The van der Waals surface area contributed by atoms with Crippen LogP contribution in [0.5, 0.6) is 6.01 Å². The Morgan fingerprint density at radius 3 is 2.16 bits per heavy atom. The van der Waals surface area contributed by atoms with Crippen LogP contribution in [0.3, 0.4) is 0 Å². The Labute approximate surface area is 278 Å². The summed E-state index contributed by atoms with van der Waals surface area (Å²) >= 11 is 0. The second kappa shape index (κ2) is 14.5. The minimum Gasteiger partial charge on any atom is -0.469 e. The molecule has 0 spiro atoms. The number of hydrogen-bond donors (Lipinski definition) is 1. The number of methoxy groups -OCH3 is 1. The third kappa shape index (κ3) is 8.02. The van der Waals surface area contributed by atoms with E-state index in [-0.39, 0.29) is 53.3 Å². The van der Waals surface area contributed by atoms with Crippen LogP contribution in [0.4, 0.5) is 22.0 Å². The first-order valence-electron chi connectivity index (χ1n) is 15.9. The van der Waals surface area contributed by atoms with E-state index in [1.165, 1.54) is 13.2 Å². The predicted molar refractivity (Wildman–Crippen MR) is 167 cm³/mol. The van der Waals surface area contributed by atoms with Gasteiger partial charge in [-0.25, -0.2) is 13.6 Å². The molecule has 2 aliphatic rings. The van der Waals surface area contributed by atoms with Crippen molar-refractivity contribution in [2.24, 2.45) is 5.92 Å². The topological polar surface area (TPSA) is 103 Å². The van der Waals surface area contributed by atoms with Gasteiger partial charge in [-0.05, 0) is 47.9 Å². The molecule has 0 unspecified atom stereocenters. The summed E-state index contributed by atoms with van der Waals surface area (Å²) in [5.41, 5.74) is 3.15. The molecule has 6 rings (SSSR count). The maximum absolute atomic E-state index is 15.7. The molecule has 1 aliphatic carbocycles. The zero-order valence-corrected chi connectivity index (χ0v) is 26.5. The van der Waals surface area contributed by atoms with Crippen LogP contribution in [0.15, 0.2) is 54.6 Å². The Hall–Kier alpha value is -4.56. The Balaban J connectivity index is 1.02. The van der Waals surface area contributed by atoms with Crippen molar-refractivity contribution in [3.05, 3.63) is 71.8 Å². The van der Waals surface area contributed by atoms with Gasteiger partial charge in [0.05, 0.1) is 36.8 Å². The van der Waals surface area contributed by atoms with Crippen LogP contribution >= 0.6 is 0 Å². The number of carbonyl (C=O) groups excluding carboxylic acids is 2. The summed E-state index contributed by atoms with van der Waals surface area (Å²) in [4.78, 5) is 31.8. The molecule has 3 aromatic carbocycles. The summed E-state index contributed by atoms with van der Waals surface area (Å²) in [6.45, 7) is 1.28. The fourth-order valence-electron chi connectivity index (χ4n) is 6.20. The fourth-order valence-corrected chi connectivity index (χ4v) is 6.20. The summed E-state index contributed by atoms with van der Waals surface area (Å²) in [6.07, 6.45) is -2.90. The first-order valence-corrected chi connectivity index (χ1v) is 15.9. The smallest absolute Gasteiger partial charge is 0.469 e. The van der Waals surface area contributed by atoms with E-state index in [1.807, 2.05) is 24.3 Å². The SMILES string of the molecule is COC(=O)C1CCC(Oc2nc3c(F)c(-c4ccc(-c5ccc(CN6CC(OCCOC(=O)C(F)(F)F)C6)cc5)cc4)c(F)cc3[nH]2)CC1. The maximum Gasteiger partial charge on any atom is 0.490 e. The molecule has 0 radical (unpaired) electrons. The first-order chi connectivity index (χ1) is 23.5. The number of rotatable bonds is 11. The van der Waals surface area contributed by atoms with Gasteiger partial charge in [-0.1, -0.05) is 48.5 Å². The average molecular weight is 688 g/mol. The Kier molecular flexibility index (Phi) is 10.2. The third-order valence-electron chi connectivity index (χ3n) is 8.83. The third-order valence-corrected chi connectivity index (χ3v) is 8.83. The van der Waals surface area contributed by atoms with Gasteiger partial charge in [0.1, 0.15) is 24.0 Å². The highest BCUT2D eigenvalue weighted by Crippen LogP contribution is 2.34. The molecule has 0 bridgehead atoms. The number of hydrogen-bond acceptors (Lipinski definition) is 8. The number of likely N-dealkylation sites (tertiary alicyclic amines) is 1. The second-order valence-corrected chi connectivity index (χ2v) is 12.2. The number of ether oxygens (including phenoxy) is 4. The molecule has 2 heterocycles.